The summed E-state index contributed by atoms with van der Waals surface area (Å²) in [5.74, 6) is 0. The van der Waals surface area contributed by atoms with E-state index in [0.717, 1.165) is 59.2 Å². The Morgan fingerprint density at radius 3 is 2.71 bits per heavy atom. The molecular weight excluding hydrogens is 257 g/mol. The Balaban J connectivity index is 2.41. The Bertz CT molecular complexity index is 610. The monoisotopic (exact) mass is 281 g/mol. The molecule has 0 amide bonds. The Labute approximate surface area is 128 Å². The summed E-state index contributed by atoms with van der Waals surface area (Å²) < 4.78 is 0. The first-order valence-corrected chi connectivity index (χ1v) is 7.88. The van der Waals surface area contributed by atoms with Gasteiger partial charge in [-0.05, 0) is 18.9 Å². The third-order valence-corrected chi connectivity index (χ3v) is 3.69. The van der Waals surface area contributed by atoms with Crippen molar-refractivity contribution in [3.8, 4) is 0 Å². The van der Waals surface area contributed by atoms with Crippen molar-refractivity contribution in [3.63, 3.8) is 0 Å². The van der Waals surface area contributed by atoms with Crippen LogP contribution in [0.25, 0.3) is 10.9 Å². The smallest absolute Gasteiger partial charge is 0.113 e. The standard InChI is InChI=1S/C17H24BN3/c1-3-5-6-10-20-17-13-11-12(18)8-9-14(13)21-15(7-4-2)16(17)19/h8-9,11H,3-7,10,19H2,1-2H3,(H,20,21). The quantitative estimate of drug-likeness (QED) is 0.605. The van der Waals surface area contributed by atoms with Crippen molar-refractivity contribution in [2.24, 2.45) is 0 Å². The molecule has 0 aliphatic carbocycles. The minimum atomic E-state index is 0.739. The van der Waals surface area contributed by atoms with Crippen LogP contribution in [0.4, 0.5) is 11.4 Å². The molecule has 0 saturated carbocycles. The molecule has 0 fully saturated rings. The van der Waals surface area contributed by atoms with Crippen molar-refractivity contribution < 1.29 is 0 Å². The van der Waals surface area contributed by atoms with Crippen LogP contribution in [0.2, 0.25) is 0 Å². The van der Waals surface area contributed by atoms with Crippen LogP contribution in [0, 0.1) is 0 Å². The number of unbranched alkanes of at least 4 members (excludes halogenated alkanes) is 2. The van der Waals surface area contributed by atoms with Crippen molar-refractivity contribution >= 4 is 35.6 Å². The Kier molecular flexibility index (Phi) is 5.48. The number of benzene rings is 1. The highest BCUT2D eigenvalue weighted by molar-refractivity contribution is 6.33. The molecule has 2 aromatic rings. The molecule has 0 aliphatic heterocycles. The summed E-state index contributed by atoms with van der Waals surface area (Å²) >= 11 is 0. The Morgan fingerprint density at radius 1 is 1.19 bits per heavy atom. The molecule has 0 spiro atoms. The van der Waals surface area contributed by atoms with E-state index in [1.54, 1.807) is 0 Å². The van der Waals surface area contributed by atoms with Gasteiger partial charge in [0, 0.05) is 11.9 Å². The molecule has 0 saturated heterocycles. The fraction of sp³-hybridized carbons (Fsp3) is 0.471. The SMILES string of the molecule is [B]c1ccc2nc(CCC)c(N)c(NCCCCC)c2c1. The number of fused-ring (bicyclic) bond motifs is 1. The van der Waals surface area contributed by atoms with Crippen LogP contribution in [0.5, 0.6) is 0 Å². The van der Waals surface area contributed by atoms with Gasteiger partial charge in [0.15, 0.2) is 0 Å². The second-order valence-corrected chi connectivity index (χ2v) is 5.51. The van der Waals surface area contributed by atoms with Gasteiger partial charge in [-0.15, -0.1) is 0 Å². The highest BCUT2D eigenvalue weighted by atomic mass is 14.9. The van der Waals surface area contributed by atoms with E-state index < -0.39 is 0 Å². The van der Waals surface area contributed by atoms with Gasteiger partial charge in [0.05, 0.1) is 22.6 Å². The normalized spacial score (nSPS) is 11.0. The molecule has 0 bridgehead atoms. The van der Waals surface area contributed by atoms with Crippen LogP contribution < -0.4 is 16.5 Å². The van der Waals surface area contributed by atoms with Gasteiger partial charge < -0.3 is 11.1 Å². The molecular formula is C17H24BN3. The van der Waals surface area contributed by atoms with E-state index in [9.17, 15) is 0 Å². The predicted octanol–water partition coefficient (Wildman–Crippen LogP) is 3.17. The molecule has 1 aromatic heterocycles. The van der Waals surface area contributed by atoms with Crippen molar-refractivity contribution in [2.75, 3.05) is 17.6 Å². The maximum absolute atomic E-state index is 6.33. The number of pyridine rings is 1. The lowest BCUT2D eigenvalue weighted by atomic mass is 9.93. The Hall–Kier alpha value is -1.71. The van der Waals surface area contributed by atoms with Crippen LogP contribution >= 0.6 is 0 Å². The second-order valence-electron chi connectivity index (χ2n) is 5.51. The van der Waals surface area contributed by atoms with Crippen molar-refractivity contribution in [1.82, 2.24) is 4.98 Å². The fourth-order valence-electron chi connectivity index (χ4n) is 2.55. The molecule has 0 atom stereocenters. The number of rotatable bonds is 7. The summed E-state index contributed by atoms with van der Waals surface area (Å²) in [6.45, 7) is 5.27. The third-order valence-electron chi connectivity index (χ3n) is 3.69. The van der Waals surface area contributed by atoms with Crippen LogP contribution in [0.15, 0.2) is 18.2 Å². The number of aromatic nitrogens is 1. The highest BCUT2D eigenvalue weighted by Crippen LogP contribution is 2.31. The maximum Gasteiger partial charge on any atom is 0.113 e. The number of hydrogen-bond donors (Lipinski definition) is 2. The van der Waals surface area contributed by atoms with Gasteiger partial charge in [-0.1, -0.05) is 50.7 Å². The number of hydrogen-bond acceptors (Lipinski definition) is 3. The molecule has 0 aliphatic rings. The first-order chi connectivity index (χ1) is 10.2. The number of nitrogens with one attached hydrogen (secondary N) is 1. The van der Waals surface area contributed by atoms with E-state index in [1.807, 2.05) is 18.2 Å². The lowest BCUT2D eigenvalue weighted by Gasteiger charge is -2.16. The summed E-state index contributed by atoms with van der Waals surface area (Å²) in [7, 11) is 5.92. The van der Waals surface area contributed by atoms with Gasteiger partial charge >= 0.3 is 0 Å². The number of aryl methyl sites for hydroxylation is 1. The summed E-state index contributed by atoms with van der Waals surface area (Å²) in [6.07, 6.45) is 5.51. The van der Waals surface area contributed by atoms with E-state index in [1.165, 1.54) is 12.8 Å². The number of nitrogens with two attached hydrogens (primary N) is 1. The van der Waals surface area contributed by atoms with Gasteiger partial charge in [0.2, 0.25) is 0 Å². The molecule has 2 rings (SSSR count). The molecule has 3 nitrogen and oxygen atoms in total. The zero-order chi connectivity index (χ0) is 15.2. The topological polar surface area (TPSA) is 50.9 Å². The molecule has 1 heterocycles. The molecule has 110 valence electrons. The molecule has 3 N–H and O–H groups in total. The summed E-state index contributed by atoms with van der Waals surface area (Å²) in [6, 6.07) is 5.82. The Morgan fingerprint density at radius 2 is 2.00 bits per heavy atom. The summed E-state index contributed by atoms with van der Waals surface area (Å²) in [5, 5.41) is 4.51. The number of nitrogen functional groups attached to an aromatic ring is 1. The van der Waals surface area contributed by atoms with Gasteiger partial charge in [-0.2, -0.15) is 0 Å². The van der Waals surface area contributed by atoms with Gasteiger partial charge in [-0.25, -0.2) is 0 Å². The molecule has 2 radical (unpaired) electrons. The van der Waals surface area contributed by atoms with Crippen molar-refractivity contribution in [2.45, 2.75) is 46.0 Å². The summed E-state index contributed by atoms with van der Waals surface area (Å²) in [4.78, 5) is 4.69. The van der Waals surface area contributed by atoms with Crippen LogP contribution in [-0.4, -0.2) is 19.4 Å². The van der Waals surface area contributed by atoms with E-state index in [-0.39, 0.29) is 0 Å². The van der Waals surface area contributed by atoms with Gasteiger partial charge in [-0.3, -0.25) is 4.98 Å². The number of nitrogens with zero attached hydrogens (tertiary/aromatic N) is 1. The van der Waals surface area contributed by atoms with Crippen LogP contribution in [-0.2, 0) is 6.42 Å². The van der Waals surface area contributed by atoms with E-state index >= 15 is 0 Å². The van der Waals surface area contributed by atoms with E-state index in [2.05, 4.69) is 19.2 Å². The average Bonchev–Trinajstić information content (AvgIpc) is 2.47. The van der Waals surface area contributed by atoms with Gasteiger partial charge in [0.1, 0.15) is 7.85 Å². The summed E-state index contributed by atoms with van der Waals surface area (Å²) in [5.41, 5.74) is 10.8. The predicted molar refractivity (Wildman–Crippen MR) is 93.6 cm³/mol. The van der Waals surface area contributed by atoms with Crippen LogP contribution in [0.3, 0.4) is 0 Å². The minimum absolute atomic E-state index is 0.739. The van der Waals surface area contributed by atoms with Crippen LogP contribution in [0.1, 0.15) is 45.2 Å². The maximum atomic E-state index is 6.33. The minimum Gasteiger partial charge on any atom is -0.396 e. The molecule has 21 heavy (non-hydrogen) atoms. The lowest BCUT2D eigenvalue weighted by Crippen LogP contribution is -2.10. The second kappa shape index (κ2) is 7.35. The van der Waals surface area contributed by atoms with Crippen molar-refractivity contribution in [1.29, 1.82) is 0 Å². The van der Waals surface area contributed by atoms with Crippen molar-refractivity contribution in [3.05, 3.63) is 23.9 Å². The van der Waals surface area contributed by atoms with E-state index in [0.29, 0.717) is 0 Å². The average molecular weight is 281 g/mol. The first kappa shape index (κ1) is 15.7. The zero-order valence-corrected chi connectivity index (χ0v) is 13.1. The largest absolute Gasteiger partial charge is 0.396 e. The van der Waals surface area contributed by atoms with Gasteiger partial charge in [0.25, 0.3) is 0 Å². The zero-order valence-electron chi connectivity index (χ0n) is 13.1. The first-order valence-electron chi connectivity index (χ1n) is 7.88. The third kappa shape index (κ3) is 3.69. The molecule has 0 unspecified atom stereocenters. The number of anilines is 2. The fourth-order valence-corrected chi connectivity index (χ4v) is 2.55. The lowest BCUT2D eigenvalue weighted by molar-refractivity contribution is 0.744. The highest BCUT2D eigenvalue weighted by Gasteiger charge is 2.12. The molecule has 4 heteroatoms. The van der Waals surface area contributed by atoms with E-state index in [4.69, 9.17) is 18.6 Å². The molecule has 1 aromatic carbocycles.